The van der Waals surface area contributed by atoms with Gasteiger partial charge in [0.2, 0.25) is 5.91 Å². The molecule has 1 amide bonds. The van der Waals surface area contributed by atoms with Crippen LogP contribution in [0.1, 0.15) is 31.4 Å². The summed E-state index contributed by atoms with van der Waals surface area (Å²) in [5.74, 6) is 0.0404. The highest BCUT2D eigenvalue weighted by molar-refractivity contribution is 5.76. The molecule has 0 aliphatic heterocycles. The van der Waals surface area contributed by atoms with E-state index in [1.165, 1.54) is 0 Å². The number of hydrogen-bond acceptors (Lipinski definition) is 2. The SMILES string of the molecule is C=CCCC(=O)NC(C)c1cn[nH]c1. The summed E-state index contributed by atoms with van der Waals surface area (Å²) in [5.41, 5.74) is 0.983. The molecule has 2 N–H and O–H groups in total. The molecule has 1 unspecified atom stereocenters. The molecule has 0 fully saturated rings. The summed E-state index contributed by atoms with van der Waals surface area (Å²) in [5, 5.41) is 9.40. The van der Waals surface area contributed by atoms with Gasteiger partial charge in [-0.2, -0.15) is 5.10 Å². The third-order valence-corrected chi connectivity index (χ3v) is 1.97. The minimum absolute atomic E-state index is 0.00562. The first kappa shape index (κ1) is 10.5. The minimum Gasteiger partial charge on any atom is -0.349 e. The maximum absolute atomic E-state index is 11.3. The van der Waals surface area contributed by atoms with Crippen molar-refractivity contribution in [1.29, 1.82) is 0 Å². The van der Waals surface area contributed by atoms with E-state index in [-0.39, 0.29) is 11.9 Å². The fourth-order valence-corrected chi connectivity index (χ4v) is 1.13. The van der Waals surface area contributed by atoms with E-state index in [1.54, 1.807) is 18.5 Å². The van der Waals surface area contributed by atoms with Crippen LogP contribution in [0.15, 0.2) is 25.0 Å². The van der Waals surface area contributed by atoms with Crippen molar-refractivity contribution in [2.24, 2.45) is 0 Å². The average molecular weight is 193 g/mol. The Labute approximate surface area is 83.4 Å². The second kappa shape index (κ2) is 5.21. The highest BCUT2D eigenvalue weighted by Crippen LogP contribution is 2.09. The van der Waals surface area contributed by atoms with Crippen LogP contribution >= 0.6 is 0 Å². The first-order valence-electron chi connectivity index (χ1n) is 4.63. The number of amides is 1. The zero-order valence-corrected chi connectivity index (χ0v) is 8.29. The molecule has 1 aromatic rings. The second-order valence-corrected chi connectivity index (χ2v) is 3.15. The number of allylic oxidation sites excluding steroid dienone is 1. The summed E-state index contributed by atoms with van der Waals surface area (Å²) in [6.07, 6.45) is 6.43. The van der Waals surface area contributed by atoms with Crippen LogP contribution < -0.4 is 5.32 Å². The lowest BCUT2D eigenvalue weighted by atomic mass is 10.2. The molecular weight excluding hydrogens is 178 g/mol. The summed E-state index contributed by atoms with van der Waals surface area (Å²) >= 11 is 0. The predicted molar refractivity (Wildman–Crippen MR) is 54.6 cm³/mol. The average Bonchev–Trinajstić information content (AvgIpc) is 2.67. The number of aromatic nitrogens is 2. The van der Waals surface area contributed by atoms with E-state index in [2.05, 4.69) is 22.1 Å². The van der Waals surface area contributed by atoms with Gasteiger partial charge in [0, 0.05) is 18.2 Å². The number of carbonyl (C=O) groups excluding carboxylic acids is 1. The Morgan fingerprint density at radius 3 is 3.21 bits per heavy atom. The first-order valence-corrected chi connectivity index (χ1v) is 4.63. The van der Waals surface area contributed by atoms with E-state index < -0.39 is 0 Å². The number of nitrogens with one attached hydrogen (secondary N) is 2. The van der Waals surface area contributed by atoms with Crippen LogP contribution in [0.2, 0.25) is 0 Å². The Hall–Kier alpha value is -1.58. The lowest BCUT2D eigenvalue weighted by Gasteiger charge is -2.11. The van der Waals surface area contributed by atoms with E-state index in [1.807, 2.05) is 6.92 Å². The molecule has 4 heteroatoms. The third kappa shape index (κ3) is 3.05. The van der Waals surface area contributed by atoms with E-state index in [0.29, 0.717) is 12.8 Å². The predicted octanol–water partition coefficient (Wildman–Crippen LogP) is 1.55. The van der Waals surface area contributed by atoms with Crippen LogP contribution in [0.5, 0.6) is 0 Å². The van der Waals surface area contributed by atoms with Crippen molar-refractivity contribution in [3.63, 3.8) is 0 Å². The normalized spacial score (nSPS) is 12.1. The zero-order chi connectivity index (χ0) is 10.4. The second-order valence-electron chi connectivity index (χ2n) is 3.15. The van der Waals surface area contributed by atoms with Gasteiger partial charge >= 0.3 is 0 Å². The quantitative estimate of drug-likeness (QED) is 0.697. The summed E-state index contributed by atoms with van der Waals surface area (Å²) in [4.78, 5) is 11.3. The Balaban J connectivity index is 2.37. The van der Waals surface area contributed by atoms with Gasteiger partial charge in [0.1, 0.15) is 0 Å². The third-order valence-electron chi connectivity index (χ3n) is 1.97. The number of nitrogens with zero attached hydrogens (tertiary/aromatic N) is 1. The van der Waals surface area contributed by atoms with E-state index in [9.17, 15) is 4.79 Å². The molecule has 1 aromatic heterocycles. The van der Waals surface area contributed by atoms with Gasteiger partial charge < -0.3 is 5.32 Å². The molecule has 0 spiro atoms. The number of aromatic amines is 1. The van der Waals surface area contributed by atoms with Crippen LogP contribution in [-0.4, -0.2) is 16.1 Å². The molecule has 0 aliphatic carbocycles. The Bertz CT molecular complexity index is 292. The molecule has 1 heterocycles. The lowest BCUT2D eigenvalue weighted by molar-refractivity contribution is -0.121. The first-order chi connectivity index (χ1) is 6.74. The summed E-state index contributed by atoms with van der Waals surface area (Å²) in [6.45, 7) is 5.49. The van der Waals surface area contributed by atoms with Crippen molar-refractivity contribution in [3.8, 4) is 0 Å². The summed E-state index contributed by atoms with van der Waals surface area (Å²) in [6, 6.07) is 0.00562. The molecule has 1 atom stereocenters. The fourth-order valence-electron chi connectivity index (χ4n) is 1.13. The summed E-state index contributed by atoms with van der Waals surface area (Å²) in [7, 11) is 0. The molecule has 4 nitrogen and oxygen atoms in total. The maximum atomic E-state index is 11.3. The van der Waals surface area contributed by atoms with Gasteiger partial charge in [-0.15, -0.1) is 6.58 Å². The molecule has 1 rings (SSSR count). The Morgan fingerprint density at radius 2 is 2.64 bits per heavy atom. The highest BCUT2D eigenvalue weighted by atomic mass is 16.1. The van der Waals surface area contributed by atoms with Crippen LogP contribution in [0.25, 0.3) is 0 Å². The maximum Gasteiger partial charge on any atom is 0.220 e. The van der Waals surface area contributed by atoms with Crippen molar-refractivity contribution in [2.75, 3.05) is 0 Å². The van der Waals surface area contributed by atoms with Crippen molar-refractivity contribution in [3.05, 3.63) is 30.6 Å². The lowest BCUT2D eigenvalue weighted by Crippen LogP contribution is -2.25. The zero-order valence-electron chi connectivity index (χ0n) is 8.29. The van der Waals surface area contributed by atoms with Gasteiger partial charge in [0.05, 0.1) is 12.2 Å². The van der Waals surface area contributed by atoms with Crippen molar-refractivity contribution < 1.29 is 4.79 Å². The van der Waals surface area contributed by atoms with Gasteiger partial charge in [0.15, 0.2) is 0 Å². The molecule has 76 valence electrons. The number of H-pyrrole nitrogens is 1. The monoisotopic (exact) mass is 193 g/mol. The van der Waals surface area contributed by atoms with Crippen LogP contribution in [-0.2, 0) is 4.79 Å². The van der Waals surface area contributed by atoms with Crippen LogP contribution in [0.4, 0.5) is 0 Å². The Morgan fingerprint density at radius 1 is 1.86 bits per heavy atom. The smallest absolute Gasteiger partial charge is 0.220 e. The van der Waals surface area contributed by atoms with Gasteiger partial charge in [-0.25, -0.2) is 0 Å². The van der Waals surface area contributed by atoms with Crippen molar-refractivity contribution >= 4 is 5.91 Å². The van der Waals surface area contributed by atoms with Crippen molar-refractivity contribution in [1.82, 2.24) is 15.5 Å². The molecule has 0 saturated carbocycles. The molecular formula is C10H15N3O. The minimum atomic E-state index is 0.00562. The van der Waals surface area contributed by atoms with Gasteiger partial charge in [-0.3, -0.25) is 9.89 Å². The van der Waals surface area contributed by atoms with Crippen LogP contribution in [0, 0.1) is 0 Å². The largest absolute Gasteiger partial charge is 0.349 e. The topological polar surface area (TPSA) is 57.8 Å². The molecule has 0 aromatic carbocycles. The molecule has 0 aliphatic rings. The van der Waals surface area contributed by atoms with Gasteiger partial charge in [-0.1, -0.05) is 6.08 Å². The van der Waals surface area contributed by atoms with Crippen molar-refractivity contribution in [2.45, 2.75) is 25.8 Å². The van der Waals surface area contributed by atoms with E-state index in [0.717, 1.165) is 5.56 Å². The molecule has 0 bridgehead atoms. The number of rotatable bonds is 5. The molecule has 14 heavy (non-hydrogen) atoms. The standard InChI is InChI=1S/C10H15N3O/c1-3-4-5-10(14)13-8(2)9-6-11-12-7-9/h3,6-8H,1,4-5H2,2H3,(H,11,12)(H,13,14). The molecule has 0 radical (unpaired) electrons. The summed E-state index contributed by atoms with van der Waals surface area (Å²) < 4.78 is 0. The van der Waals surface area contributed by atoms with E-state index >= 15 is 0 Å². The van der Waals surface area contributed by atoms with Gasteiger partial charge in [0.25, 0.3) is 0 Å². The van der Waals surface area contributed by atoms with Crippen LogP contribution in [0.3, 0.4) is 0 Å². The number of carbonyl (C=O) groups is 1. The highest BCUT2D eigenvalue weighted by Gasteiger charge is 2.08. The van der Waals surface area contributed by atoms with E-state index in [4.69, 9.17) is 0 Å². The number of hydrogen-bond donors (Lipinski definition) is 2. The van der Waals surface area contributed by atoms with Gasteiger partial charge in [-0.05, 0) is 13.3 Å². The fraction of sp³-hybridized carbons (Fsp3) is 0.400. The Kier molecular flexibility index (Phi) is 3.91. The molecule has 0 saturated heterocycles.